The number of rotatable bonds is 5. The molecule has 0 saturated carbocycles. The average molecular weight is 259 g/mol. The van der Waals surface area contributed by atoms with Crippen molar-refractivity contribution in [2.45, 2.75) is 70.8 Å². The highest BCUT2D eigenvalue weighted by Crippen LogP contribution is 2.23. The van der Waals surface area contributed by atoms with Crippen molar-refractivity contribution in [1.82, 2.24) is 5.32 Å². The minimum Gasteiger partial charge on any atom is -0.389 e. The Morgan fingerprint density at radius 3 is 2.67 bits per heavy atom. The fraction of sp³-hybridized carbons (Fsp3) is 1.00. The maximum atomic E-state index is 9.85. The van der Waals surface area contributed by atoms with Gasteiger partial charge in [-0.3, -0.25) is 0 Å². The molecule has 0 aliphatic carbocycles. The predicted octanol–water partition coefficient (Wildman–Crippen LogP) is 1.71. The molecule has 1 saturated heterocycles. The van der Waals surface area contributed by atoms with Crippen molar-refractivity contribution >= 4 is 0 Å². The first-order valence-electron chi connectivity index (χ1n) is 6.87. The minimum atomic E-state index is -0.449. The summed E-state index contributed by atoms with van der Waals surface area (Å²) in [4.78, 5) is 0. The SMILES string of the molecule is CC(C)(C)OCC(O)CNC1CCOC(C)(C)C1. The van der Waals surface area contributed by atoms with Gasteiger partial charge in [0.25, 0.3) is 0 Å². The molecule has 0 bridgehead atoms. The summed E-state index contributed by atoms with van der Waals surface area (Å²) in [7, 11) is 0. The van der Waals surface area contributed by atoms with Crippen LogP contribution in [-0.2, 0) is 9.47 Å². The van der Waals surface area contributed by atoms with E-state index < -0.39 is 6.10 Å². The number of hydrogen-bond acceptors (Lipinski definition) is 4. The van der Waals surface area contributed by atoms with Gasteiger partial charge in [0.2, 0.25) is 0 Å². The van der Waals surface area contributed by atoms with Gasteiger partial charge in [-0.1, -0.05) is 0 Å². The largest absolute Gasteiger partial charge is 0.389 e. The summed E-state index contributed by atoms with van der Waals surface area (Å²) in [5.74, 6) is 0. The molecule has 108 valence electrons. The quantitative estimate of drug-likeness (QED) is 0.789. The normalized spacial score (nSPS) is 26.0. The number of aliphatic hydroxyl groups is 1. The molecular formula is C14H29NO3. The molecule has 18 heavy (non-hydrogen) atoms. The molecule has 1 aliphatic rings. The molecule has 0 radical (unpaired) electrons. The van der Waals surface area contributed by atoms with Gasteiger partial charge in [0.15, 0.2) is 0 Å². The van der Waals surface area contributed by atoms with E-state index in [0.717, 1.165) is 19.4 Å². The Labute approximate surface area is 111 Å². The van der Waals surface area contributed by atoms with Gasteiger partial charge in [0.05, 0.1) is 23.9 Å². The van der Waals surface area contributed by atoms with Crippen molar-refractivity contribution in [3.8, 4) is 0 Å². The van der Waals surface area contributed by atoms with Crippen LogP contribution >= 0.6 is 0 Å². The fourth-order valence-electron chi connectivity index (χ4n) is 2.11. The first-order chi connectivity index (χ1) is 8.18. The van der Waals surface area contributed by atoms with Gasteiger partial charge in [-0.05, 0) is 47.5 Å². The average Bonchev–Trinajstić information content (AvgIpc) is 2.21. The number of aliphatic hydroxyl groups excluding tert-OH is 1. The second kappa shape index (κ2) is 6.33. The van der Waals surface area contributed by atoms with Crippen molar-refractivity contribution in [3.05, 3.63) is 0 Å². The highest BCUT2D eigenvalue weighted by Gasteiger charge is 2.28. The molecule has 2 atom stereocenters. The van der Waals surface area contributed by atoms with Gasteiger partial charge < -0.3 is 19.9 Å². The second-order valence-corrected chi connectivity index (χ2v) is 6.78. The van der Waals surface area contributed by atoms with Crippen LogP contribution in [0.4, 0.5) is 0 Å². The lowest BCUT2D eigenvalue weighted by Gasteiger charge is -2.36. The van der Waals surface area contributed by atoms with E-state index in [-0.39, 0.29) is 11.2 Å². The molecule has 0 spiro atoms. The van der Waals surface area contributed by atoms with Crippen molar-refractivity contribution < 1.29 is 14.6 Å². The second-order valence-electron chi connectivity index (χ2n) is 6.78. The monoisotopic (exact) mass is 259 g/mol. The molecular weight excluding hydrogens is 230 g/mol. The zero-order valence-corrected chi connectivity index (χ0v) is 12.5. The van der Waals surface area contributed by atoms with Gasteiger partial charge in [0.1, 0.15) is 0 Å². The Morgan fingerprint density at radius 2 is 2.11 bits per heavy atom. The summed E-state index contributed by atoms with van der Waals surface area (Å²) in [5, 5.41) is 13.3. The van der Waals surface area contributed by atoms with E-state index in [1.54, 1.807) is 0 Å². The van der Waals surface area contributed by atoms with E-state index in [4.69, 9.17) is 9.47 Å². The van der Waals surface area contributed by atoms with Crippen molar-refractivity contribution in [2.75, 3.05) is 19.8 Å². The van der Waals surface area contributed by atoms with Gasteiger partial charge >= 0.3 is 0 Å². The van der Waals surface area contributed by atoms with Crippen LogP contribution in [0.2, 0.25) is 0 Å². The third-order valence-electron chi connectivity index (χ3n) is 3.05. The van der Waals surface area contributed by atoms with Crippen LogP contribution in [0.3, 0.4) is 0 Å². The maximum Gasteiger partial charge on any atom is 0.0898 e. The van der Waals surface area contributed by atoms with Crippen LogP contribution in [0.25, 0.3) is 0 Å². The number of hydrogen-bond donors (Lipinski definition) is 2. The molecule has 0 amide bonds. The molecule has 0 aromatic heterocycles. The predicted molar refractivity (Wildman–Crippen MR) is 72.8 cm³/mol. The summed E-state index contributed by atoms with van der Waals surface area (Å²) < 4.78 is 11.2. The highest BCUT2D eigenvalue weighted by molar-refractivity contribution is 4.83. The first-order valence-corrected chi connectivity index (χ1v) is 6.87. The molecule has 1 fully saturated rings. The minimum absolute atomic E-state index is 0.0528. The zero-order valence-electron chi connectivity index (χ0n) is 12.5. The third-order valence-corrected chi connectivity index (χ3v) is 3.05. The van der Waals surface area contributed by atoms with Crippen LogP contribution < -0.4 is 5.32 Å². The topological polar surface area (TPSA) is 50.7 Å². The molecule has 4 heteroatoms. The van der Waals surface area contributed by atoms with Crippen LogP contribution in [-0.4, -0.2) is 48.2 Å². The molecule has 2 unspecified atom stereocenters. The van der Waals surface area contributed by atoms with Crippen LogP contribution in [0.1, 0.15) is 47.5 Å². The summed E-state index contributed by atoms with van der Waals surface area (Å²) in [6, 6.07) is 0.429. The molecule has 0 aromatic rings. The highest BCUT2D eigenvalue weighted by atomic mass is 16.5. The lowest BCUT2D eigenvalue weighted by atomic mass is 9.94. The van der Waals surface area contributed by atoms with E-state index in [2.05, 4.69) is 19.2 Å². The summed E-state index contributed by atoms with van der Waals surface area (Å²) in [6.45, 7) is 12.0. The van der Waals surface area contributed by atoms with E-state index in [1.165, 1.54) is 0 Å². The lowest BCUT2D eigenvalue weighted by Crippen LogP contribution is -2.46. The Kier molecular flexibility index (Phi) is 5.59. The van der Waals surface area contributed by atoms with Crippen LogP contribution in [0.15, 0.2) is 0 Å². The molecule has 1 aliphatic heterocycles. The van der Waals surface area contributed by atoms with Crippen molar-refractivity contribution in [3.63, 3.8) is 0 Å². The fourth-order valence-corrected chi connectivity index (χ4v) is 2.11. The molecule has 1 rings (SSSR count). The Hall–Kier alpha value is -0.160. The number of nitrogens with one attached hydrogen (secondary N) is 1. The van der Waals surface area contributed by atoms with Crippen molar-refractivity contribution in [1.29, 1.82) is 0 Å². The Bertz CT molecular complexity index is 248. The molecule has 2 N–H and O–H groups in total. The van der Waals surface area contributed by atoms with E-state index in [9.17, 15) is 5.11 Å². The van der Waals surface area contributed by atoms with E-state index >= 15 is 0 Å². The van der Waals surface area contributed by atoms with Gasteiger partial charge in [-0.2, -0.15) is 0 Å². The van der Waals surface area contributed by atoms with Gasteiger partial charge in [-0.15, -0.1) is 0 Å². The smallest absolute Gasteiger partial charge is 0.0898 e. The number of ether oxygens (including phenoxy) is 2. The lowest BCUT2D eigenvalue weighted by molar-refractivity contribution is -0.0684. The van der Waals surface area contributed by atoms with E-state index in [0.29, 0.717) is 19.2 Å². The Balaban J connectivity index is 2.20. The van der Waals surface area contributed by atoms with E-state index in [1.807, 2.05) is 20.8 Å². The van der Waals surface area contributed by atoms with Gasteiger partial charge in [0, 0.05) is 19.2 Å². The third kappa shape index (κ3) is 6.69. The maximum absolute atomic E-state index is 9.85. The Morgan fingerprint density at radius 1 is 1.44 bits per heavy atom. The van der Waals surface area contributed by atoms with Crippen molar-refractivity contribution in [2.24, 2.45) is 0 Å². The summed E-state index contributed by atoms with van der Waals surface area (Å²) in [6.07, 6.45) is 1.55. The first kappa shape index (κ1) is 15.9. The molecule has 0 aromatic carbocycles. The summed E-state index contributed by atoms with van der Waals surface area (Å²) in [5.41, 5.74) is -0.246. The van der Waals surface area contributed by atoms with Crippen LogP contribution in [0.5, 0.6) is 0 Å². The van der Waals surface area contributed by atoms with Crippen LogP contribution in [0, 0.1) is 0 Å². The standard InChI is InChI=1S/C14H29NO3/c1-13(2,3)18-10-12(16)9-15-11-6-7-17-14(4,5)8-11/h11-12,15-16H,6-10H2,1-5H3. The summed E-state index contributed by atoms with van der Waals surface area (Å²) >= 11 is 0. The van der Waals surface area contributed by atoms with Gasteiger partial charge in [-0.25, -0.2) is 0 Å². The zero-order chi connectivity index (χ0) is 13.8. The molecule has 4 nitrogen and oxygen atoms in total. The molecule has 1 heterocycles.